The first-order valence-electron chi connectivity index (χ1n) is 6.27. The normalized spacial score (nSPS) is 11.8. The fraction of sp³-hybridized carbons (Fsp3) is 0.188. The van der Waals surface area contributed by atoms with Gasteiger partial charge in [-0.2, -0.15) is 0 Å². The van der Waals surface area contributed by atoms with Crippen LogP contribution in [-0.4, -0.2) is 17.3 Å². The topological polar surface area (TPSA) is 43.4 Å². The Kier molecular flexibility index (Phi) is 5.07. The van der Waals surface area contributed by atoms with Gasteiger partial charge >= 0.3 is 5.97 Å². The molecule has 0 spiro atoms. The lowest BCUT2D eigenvalue weighted by molar-refractivity contribution is -0.139. The first kappa shape index (κ1) is 14.5. The molecule has 4 heteroatoms. The van der Waals surface area contributed by atoms with Crippen molar-refractivity contribution in [2.45, 2.75) is 17.1 Å². The number of rotatable bonds is 5. The molecule has 0 radical (unpaired) electrons. The molecule has 0 saturated carbocycles. The fourth-order valence-corrected chi connectivity index (χ4v) is 3.09. The van der Waals surface area contributed by atoms with Crippen molar-refractivity contribution < 1.29 is 13.7 Å². The highest BCUT2D eigenvalue weighted by Crippen LogP contribution is 2.16. The Morgan fingerprint density at radius 3 is 2.25 bits per heavy atom. The Bertz CT molecular complexity index is 608. The Hall–Kier alpha value is -1.94. The highest BCUT2D eigenvalue weighted by Gasteiger charge is 2.11. The summed E-state index contributed by atoms with van der Waals surface area (Å²) in [7, 11) is 0.255. The van der Waals surface area contributed by atoms with Gasteiger partial charge in [-0.15, -0.1) is 0 Å². The van der Waals surface area contributed by atoms with E-state index in [9.17, 15) is 9.00 Å². The molecule has 1 atom stereocenters. The highest BCUT2D eigenvalue weighted by molar-refractivity contribution is 7.84. The maximum absolute atomic E-state index is 12.3. The summed E-state index contributed by atoms with van der Waals surface area (Å²) < 4.78 is 17.0. The molecule has 0 fully saturated rings. The van der Waals surface area contributed by atoms with E-state index < -0.39 is 10.8 Å². The number of carbonyl (C=O) groups excluding carboxylic acids is 1. The van der Waals surface area contributed by atoms with Gasteiger partial charge in [0.1, 0.15) is 0 Å². The molecule has 0 N–H and O–H groups in total. The third-order valence-corrected chi connectivity index (χ3v) is 4.34. The summed E-state index contributed by atoms with van der Waals surface area (Å²) in [5, 5.41) is 0. The number of hydrogen-bond acceptors (Lipinski definition) is 3. The first-order valence-corrected chi connectivity index (χ1v) is 7.59. The van der Waals surface area contributed by atoms with E-state index >= 15 is 0 Å². The van der Waals surface area contributed by atoms with Gasteiger partial charge in [0.25, 0.3) is 0 Å². The van der Waals surface area contributed by atoms with Crippen LogP contribution in [0.15, 0.2) is 59.5 Å². The molecule has 3 nitrogen and oxygen atoms in total. The molecule has 2 rings (SSSR count). The van der Waals surface area contributed by atoms with Gasteiger partial charge in [0.05, 0.1) is 30.1 Å². The molecule has 0 bridgehead atoms. The van der Waals surface area contributed by atoms with Gasteiger partial charge in [-0.05, 0) is 23.3 Å². The standard InChI is InChI=1S/C16H16O3S/c1-19-16(17)11-13-7-5-6-8-14(13)12-20(18)15-9-3-2-4-10-15/h2-10H,11-12H2,1H3. The lowest BCUT2D eigenvalue weighted by Gasteiger charge is -2.08. The second-order valence-electron chi connectivity index (χ2n) is 4.32. The van der Waals surface area contributed by atoms with E-state index in [1.54, 1.807) is 0 Å². The fourth-order valence-electron chi connectivity index (χ4n) is 1.90. The molecule has 0 aliphatic carbocycles. The van der Waals surface area contributed by atoms with Crippen molar-refractivity contribution in [2.24, 2.45) is 0 Å². The van der Waals surface area contributed by atoms with E-state index in [4.69, 9.17) is 0 Å². The van der Waals surface area contributed by atoms with Crippen LogP contribution in [0.25, 0.3) is 0 Å². The summed E-state index contributed by atoms with van der Waals surface area (Å²) >= 11 is 0. The molecule has 0 aromatic heterocycles. The minimum absolute atomic E-state index is 0.207. The zero-order valence-electron chi connectivity index (χ0n) is 11.2. The Morgan fingerprint density at radius 1 is 1.00 bits per heavy atom. The van der Waals surface area contributed by atoms with Gasteiger partial charge in [-0.25, -0.2) is 0 Å². The molecule has 1 unspecified atom stereocenters. The van der Waals surface area contributed by atoms with Gasteiger partial charge < -0.3 is 4.74 Å². The van der Waals surface area contributed by atoms with E-state index in [0.29, 0.717) is 5.75 Å². The number of benzene rings is 2. The quantitative estimate of drug-likeness (QED) is 0.795. The van der Waals surface area contributed by atoms with Crippen LogP contribution in [-0.2, 0) is 32.5 Å². The molecule has 104 valence electrons. The van der Waals surface area contributed by atoms with Gasteiger partial charge in [-0.1, -0.05) is 42.5 Å². The third-order valence-electron chi connectivity index (χ3n) is 2.97. The SMILES string of the molecule is COC(=O)Cc1ccccc1CS(=O)c1ccccc1. The highest BCUT2D eigenvalue weighted by atomic mass is 32.2. The predicted molar refractivity (Wildman–Crippen MR) is 78.7 cm³/mol. The molecule has 2 aromatic rings. The van der Waals surface area contributed by atoms with Gasteiger partial charge in [0.15, 0.2) is 0 Å². The minimum Gasteiger partial charge on any atom is -0.469 e. The number of carbonyl (C=O) groups is 1. The molecule has 0 heterocycles. The van der Waals surface area contributed by atoms with Crippen LogP contribution in [0.3, 0.4) is 0 Å². The smallest absolute Gasteiger partial charge is 0.309 e. The van der Waals surface area contributed by atoms with Crippen LogP contribution in [0.2, 0.25) is 0 Å². The van der Waals surface area contributed by atoms with Crippen molar-refractivity contribution in [3.63, 3.8) is 0 Å². The Balaban J connectivity index is 2.17. The summed E-state index contributed by atoms with van der Waals surface area (Å²) in [5.41, 5.74) is 1.78. The Morgan fingerprint density at radius 2 is 1.60 bits per heavy atom. The van der Waals surface area contributed by atoms with E-state index in [1.165, 1.54) is 7.11 Å². The van der Waals surface area contributed by atoms with Crippen LogP contribution in [0.1, 0.15) is 11.1 Å². The van der Waals surface area contributed by atoms with Crippen LogP contribution >= 0.6 is 0 Å². The monoisotopic (exact) mass is 288 g/mol. The zero-order valence-corrected chi connectivity index (χ0v) is 12.1. The summed E-state index contributed by atoms with van der Waals surface area (Å²) in [5.74, 6) is 0.111. The number of esters is 1. The molecule has 0 amide bonds. The van der Waals surface area contributed by atoms with Crippen molar-refractivity contribution in [2.75, 3.05) is 7.11 Å². The molecular weight excluding hydrogens is 272 g/mol. The van der Waals surface area contributed by atoms with E-state index in [0.717, 1.165) is 16.0 Å². The maximum atomic E-state index is 12.3. The van der Waals surface area contributed by atoms with Crippen molar-refractivity contribution in [1.82, 2.24) is 0 Å². The average Bonchev–Trinajstić information content (AvgIpc) is 2.50. The summed E-state index contributed by atoms with van der Waals surface area (Å²) in [6.07, 6.45) is 0.207. The third kappa shape index (κ3) is 3.78. The average molecular weight is 288 g/mol. The summed E-state index contributed by atoms with van der Waals surface area (Å²) in [6, 6.07) is 16.9. The zero-order chi connectivity index (χ0) is 14.4. The number of hydrogen-bond donors (Lipinski definition) is 0. The summed E-state index contributed by atoms with van der Waals surface area (Å²) in [4.78, 5) is 12.2. The van der Waals surface area contributed by atoms with Crippen molar-refractivity contribution in [3.8, 4) is 0 Å². The van der Waals surface area contributed by atoms with Crippen LogP contribution < -0.4 is 0 Å². The van der Waals surface area contributed by atoms with Crippen molar-refractivity contribution in [3.05, 3.63) is 65.7 Å². The predicted octanol–water partition coefficient (Wildman–Crippen LogP) is 2.71. The van der Waals surface area contributed by atoms with Gasteiger partial charge in [0, 0.05) is 4.90 Å². The second-order valence-corrected chi connectivity index (χ2v) is 5.78. The lowest BCUT2D eigenvalue weighted by Crippen LogP contribution is -2.08. The molecule has 0 aliphatic heterocycles. The number of methoxy groups -OCH3 is 1. The minimum atomic E-state index is -1.11. The molecule has 2 aromatic carbocycles. The van der Waals surface area contributed by atoms with Gasteiger partial charge in [0.2, 0.25) is 0 Å². The van der Waals surface area contributed by atoms with E-state index in [2.05, 4.69) is 4.74 Å². The lowest BCUT2D eigenvalue weighted by atomic mass is 10.1. The maximum Gasteiger partial charge on any atom is 0.309 e. The number of ether oxygens (including phenoxy) is 1. The molecule has 20 heavy (non-hydrogen) atoms. The van der Waals surface area contributed by atoms with Crippen LogP contribution in [0.4, 0.5) is 0 Å². The van der Waals surface area contributed by atoms with Crippen molar-refractivity contribution in [1.29, 1.82) is 0 Å². The van der Waals surface area contributed by atoms with Crippen LogP contribution in [0.5, 0.6) is 0 Å². The van der Waals surface area contributed by atoms with Crippen molar-refractivity contribution >= 4 is 16.8 Å². The van der Waals surface area contributed by atoms with Gasteiger partial charge in [-0.3, -0.25) is 9.00 Å². The van der Waals surface area contributed by atoms with Crippen LogP contribution in [0, 0.1) is 0 Å². The summed E-state index contributed by atoms with van der Waals surface area (Å²) in [6.45, 7) is 0. The largest absolute Gasteiger partial charge is 0.469 e. The van der Waals surface area contributed by atoms with E-state index in [-0.39, 0.29) is 12.4 Å². The second kappa shape index (κ2) is 7.01. The molecule has 0 saturated heterocycles. The van der Waals surface area contributed by atoms with E-state index in [1.807, 2.05) is 54.6 Å². The Labute approximate surface area is 121 Å². The molecule has 0 aliphatic rings. The molecular formula is C16H16O3S. The first-order chi connectivity index (χ1) is 9.70.